The second-order valence-corrected chi connectivity index (χ2v) is 13.8. The maximum Gasteiger partial charge on any atom is 0.410 e. The van der Waals surface area contributed by atoms with E-state index in [1.807, 2.05) is 40.1 Å². The number of carbonyl (C=O) groups is 3. The summed E-state index contributed by atoms with van der Waals surface area (Å²) in [5.74, 6) is -0.174. The van der Waals surface area contributed by atoms with Gasteiger partial charge in [0.15, 0.2) is 6.10 Å². The van der Waals surface area contributed by atoms with Crippen molar-refractivity contribution in [1.82, 2.24) is 24.5 Å². The van der Waals surface area contributed by atoms with Crippen LogP contribution in [-0.4, -0.2) is 127 Å². The smallest absolute Gasteiger partial charge is 0.410 e. The number of carbonyl (C=O) groups excluding carboxylic acids is 3. The van der Waals surface area contributed by atoms with Gasteiger partial charge in [0.1, 0.15) is 0 Å². The first-order valence-electron chi connectivity index (χ1n) is 16.5. The molecule has 2 aromatic carbocycles. The van der Waals surface area contributed by atoms with Crippen molar-refractivity contribution >= 4 is 46.9 Å². The van der Waals surface area contributed by atoms with E-state index in [1.54, 1.807) is 17.0 Å². The van der Waals surface area contributed by atoms with Crippen LogP contribution >= 0.6 is 23.2 Å². The molecule has 1 N–H and O–H groups in total. The van der Waals surface area contributed by atoms with Gasteiger partial charge in [0.2, 0.25) is 0 Å². The average molecular weight is 672 g/mol. The first-order valence-corrected chi connectivity index (χ1v) is 17.3. The van der Waals surface area contributed by atoms with Gasteiger partial charge in [-0.1, -0.05) is 47.5 Å². The van der Waals surface area contributed by atoms with Crippen molar-refractivity contribution < 1.29 is 19.1 Å². The van der Waals surface area contributed by atoms with E-state index >= 15 is 0 Å². The molecule has 0 radical (unpaired) electrons. The number of hydrogen-bond acceptors (Lipinski definition) is 6. The molecule has 4 heterocycles. The second-order valence-electron chi connectivity index (χ2n) is 13.0. The van der Waals surface area contributed by atoms with Gasteiger partial charge in [0.25, 0.3) is 5.91 Å². The Morgan fingerprint density at radius 3 is 2.24 bits per heavy atom. The van der Waals surface area contributed by atoms with Crippen LogP contribution < -0.4 is 5.32 Å². The van der Waals surface area contributed by atoms with Crippen molar-refractivity contribution in [3.63, 3.8) is 0 Å². The van der Waals surface area contributed by atoms with Crippen molar-refractivity contribution in [2.24, 2.45) is 0 Å². The molecule has 10 nitrogen and oxygen atoms in total. The van der Waals surface area contributed by atoms with Gasteiger partial charge in [-0.15, -0.1) is 0 Å². The maximum absolute atomic E-state index is 13.9. The first-order chi connectivity index (χ1) is 22.2. The number of hydrogen-bond donors (Lipinski definition) is 1. The van der Waals surface area contributed by atoms with Crippen molar-refractivity contribution in [1.29, 1.82) is 0 Å². The molecular formula is C34H44Cl2N6O4. The Bertz CT molecular complexity index is 1400. The van der Waals surface area contributed by atoms with Crippen LogP contribution in [0.4, 0.5) is 15.3 Å². The first kappa shape index (κ1) is 32.9. The summed E-state index contributed by atoms with van der Waals surface area (Å²) < 4.78 is 6.01. The lowest BCUT2D eigenvalue weighted by Gasteiger charge is -2.42. The lowest BCUT2D eigenvalue weighted by molar-refractivity contribution is -0.142. The number of likely N-dealkylation sites (N-methyl/N-ethyl adjacent to an activating group) is 1. The molecule has 0 saturated carbocycles. The Labute approximate surface area is 281 Å². The molecule has 3 fully saturated rings. The van der Waals surface area contributed by atoms with Gasteiger partial charge < -0.3 is 29.7 Å². The van der Waals surface area contributed by atoms with Crippen molar-refractivity contribution in [3.05, 3.63) is 63.6 Å². The van der Waals surface area contributed by atoms with Crippen LogP contribution in [0, 0.1) is 0 Å². The Balaban J connectivity index is 1.07. The summed E-state index contributed by atoms with van der Waals surface area (Å²) >= 11 is 12.4. The van der Waals surface area contributed by atoms with Crippen molar-refractivity contribution in [3.8, 4) is 0 Å². The Morgan fingerprint density at radius 1 is 0.848 bits per heavy atom. The van der Waals surface area contributed by atoms with E-state index in [0.29, 0.717) is 61.7 Å². The molecule has 0 bridgehead atoms. The summed E-state index contributed by atoms with van der Waals surface area (Å²) in [6, 6.07) is 13.5. The predicted molar refractivity (Wildman–Crippen MR) is 180 cm³/mol. The molecular weight excluding hydrogens is 627 g/mol. The molecule has 1 unspecified atom stereocenters. The molecule has 4 aliphatic heterocycles. The second kappa shape index (κ2) is 14.8. The molecule has 248 valence electrons. The Kier molecular flexibility index (Phi) is 10.6. The topological polar surface area (TPSA) is 88.7 Å². The fourth-order valence-corrected chi connectivity index (χ4v) is 7.52. The van der Waals surface area contributed by atoms with Crippen LogP contribution in [0.5, 0.6) is 0 Å². The van der Waals surface area contributed by atoms with Gasteiger partial charge in [-0.25, -0.2) is 9.59 Å². The van der Waals surface area contributed by atoms with Crippen molar-refractivity contribution in [2.45, 2.75) is 56.7 Å². The maximum atomic E-state index is 13.9. The number of anilines is 1. The minimum atomic E-state index is -0.974. The molecule has 4 amide bonds. The zero-order valence-electron chi connectivity index (χ0n) is 26.5. The van der Waals surface area contributed by atoms with E-state index < -0.39 is 12.2 Å². The fourth-order valence-electron chi connectivity index (χ4n) is 7.20. The highest BCUT2D eigenvalue weighted by Gasteiger charge is 2.36. The third-order valence-corrected chi connectivity index (χ3v) is 10.8. The van der Waals surface area contributed by atoms with Gasteiger partial charge in [0.05, 0.1) is 10.0 Å². The van der Waals surface area contributed by atoms with E-state index in [4.69, 9.17) is 27.9 Å². The van der Waals surface area contributed by atoms with Gasteiger partial charge in [-0.3, -0.25) is 9.69 Å². The van der Waals surface area contributed by atoms with Gasteiger partial charge in [-0.2, -0.15) is 0 Å². The number of nitrogens with one attached hydrogen (secondary N) is 1. The van der Waals surface area contributed by atoms with E-state index in [2.05, 4.69) is 22.2 Å². The van der Waals surface area contributed by atoms with Crippen LogP contribution in [-0.2, 0) is 22.4 Å². The highest BCUT2D eigenvalue weighted by Crippen LogP contribution is 2.27. The molecule has 0 spiro atoms. The Hall–Kier alpha value is -3.05. The number of likely N-dealkylation sites (tertiary alicyclic amines) is 2. The van der Waals surface area contributed by atoms with Crippen molar-refractivity contribution in [2.75, 3.05) is 71.3 Å². The lowest BCUT2D eigenvalue weighted by Crippen LogP contribution is -2.54. The zero-order chi connectivity index (χ0) is 32.2. The van der Waals surface area contributed by atoms with E-state index in [0.717, 1.165) is 62.3 Å². The summed E-state index contributed by atoms with van der Waals surface area (Å²) in [5.41, 5.74) is 2.76. The van der Waals surface area contributed by atoms with Gasteiger partial charge in [-0.05, 0) is 68.5 Å². The monoisotopic (exact) mass is 670 g/mol. The third kappa shape index (κ3) is 7.73. The van der Waals surface area contributed by atoms with E-state index in [9.17, 15) is 14.4 Å². The predicted octanol–water partition coefficient (Wildman–Crippen LogP) is 4.83. The average Bonchev–Trinajstić information content (AvgIpc) is 3.24. The van der Waals surface area contributed by atoms with E-state index in [-0.39, 0.29) is 24.4 Å². The molecule has 0 aromatic heterocycles. The molecule has 46 heavy (non-hydrogen) atoms. The quantitative estimate of drug-likeness (QED) is 0.474. The number of ether oxygens (including phenoxy) is 1. The van der Waals surface area contributed by atoms with Crippen LogP contribution in [0.25, 0.3) is 0 Å². The number of para-hydroxylation sites is 1. The molecule has 1 atom stereocenters. The van der Waals surface area contributed by atoms with Crippen LogP contribution in [0.15, 0.2) is 42.5 Å². The highest BCUT2D eigenvalue weighted by molar-refractivity contribution is 6.42. The number of nitrogens with zero attached hydrogens (tertiary/aromatic N) is 5. The largest absolute Gasteiger partial charge is 0.436 e. The Morgan fingerprint density at radius 2 is 1.52 bits per heavy atom. The number of halogens is 2. The van der Waals surface area contributed by atoms with E-state index in [1.165, 1.54) is 0 Å². The normalized spacial score (nSPS) is 21.4. The summed E-state index contributed by atoms with van der Waals surface area (Å²) in [4.78, 5) is 50.8. The molecule has 12 heteroatoms. The molecule has 3 saturated heterocycles. The number of benzene rings is 2. The lowest BCUT2D eigenvalue weighted by atomic mass is 10.0. The summed E-state index contributed by atoms with van der Waals surface area (Å²) in [6.45, 7) is 7.04. The summed E-state index contributed by atoms with van der Waals surface area (Å²) in [6.07, 6.45) is 2.62. The third-order valence-electron chi connectivity index (χ3n) is 10.1. The number of piperidine rings is 2. The molecule has 6 rings (SSSR count). The zero-order valence-corrected chi connectivity index (χ0v) is 28.0. The number of urea groups is 1. The molecule has 2 aromatic rings. The number of amides is 4. The minimum absolute atomic E-state index is 0.0219. The SMILES string of the molecule is CN1CCN(C2CCN(C(=O)C(Cc3ccc(Cl)c(Cl)c3)OC(=O)N3CCC(N4CCc5ccccc5NC4=O)CC3)CC2)CC1. The molecule has 4 aliphatic rings. The van der Waals surface area contributed by atoms with Crippen LogP contribution in [0.2, 0.25) is 10.0 Å². The summed E-state index contributed by atoms with van der Waals surface area (Å²) in [5, 5.41) is 3.87. The minimum Gasteiger partial charge on any atom is -0.436 e. The van der Waals surface area contributed by atoms with Gasteiger partial charge in [0, 0.05) is 83.1 Å². The number of fused-ring (bicyclic) bond motifs is 1. The van der Waals surface area contributed by atoms with Gasteiger partial charge >= 0.3 is 12.1 Å². The fraction of sp³-hybridized carbons (Fsp3) is 0.559. The highest BCUT2D eigenvalue weighted by atomic mass is 35.5. The molecule has 0 aliphatic carbocycles. The standard InChI is InChI=1S/C34H44Cl2N6O4/c1-38-18-20-39(21-19-38)26-9-13-40(14-10-26)32(43)31(23-24-6-7-28(35)29(36)22-24)46-34(45)41-15-11-27(12-16-41)42-17-8-25-4-2-3-5-30(25)37-33(42)44/h2-7,22,26-27,31H,8-21,23H2,1H3,(H,37,44). The van der Waals surface area contributed by atoms with Crippen LogP contribution in [0.1, 0.15) is 36.8 Å². The number of piperazine rings is 1. The summed E-state index contributed by atoms with van der Waals surface area (Å²) in [7, 11) is 2.16. The van der Waals surface area contributed by atoms with Crippen LogP contribution in [0.3, 0.4) is 0 Å². The number of rotatable bonds is 6.